The van der Waals surface area contributed by atoms with Crippen LogP contribution in [0.3, 0.4) is 0 Å². The van der Waals surface area contributed by atoms with Gasteiger partial charge in [-0.25, -0.2) is 4.79 Å². The molecule has 0 aromatic rings. The summed E-state index contributed by atoms with van der Waals surface area (Å²) in [5.74, 6) is 0. The summed E-state index contributed by atoms with van der Waals surface area (Å²) in [7, 11) is 0. The summed E-state index contributed by atoms with van der Waals surface area (Å²) in [6.45, 7) is 7.39. The monoisotopic (exact) mass is 298 g/mol. The van der Waals surface area contributed by atoms with Gasteiger partial charge in [-0.15, -0.1) is 0 Å². The van der Waals surface area contributed by atoms with Crippen molar-refractivity contribution in [2.24, 2.45) is 0 Å². The summed E-state index contributed by atoms with van der Waals surface area (Å²) < 4.78 is 5.38. The number of hydrogen-bond acceptors (Lipinski definition) is 4. The molecule has 0 aromatic heterocycles. The SMILES string of the molecule is CC(C)(C)OC(=O)N1CCC(O)(CNC2CCCC2)CC1. The Morgan fingerprint density at radius 1 is 1.29 bits per heavy atom. The lowest BCUT2D eigenvalue weighted by molar-refractivity contribution is -0.0320. The van der Waals surface area contributed by atoms with Crippen LogP contribution in [0.15, 0.2) is 0 Å². The molecule has 5 heteroatoms. The van der Waals surface area contributed by atoms with Crippen LogP contribution in [-0.4, -0.2) is 53.0 Å². The zero-order valence-electron chi connectivity index (χ0n) is 13.7. The Kier molecular flexibility index (Phi) is 5.15. The van der Waals surface area contributed by atoms with Crippen LogP contribution >= 0.6 is 0 Å². The molecule has 21 heavy (non-hydrogen) atoms. The predicted molar refractivity (Wildman–Crippen MR) is 82.2 cm³/mol. The molecule has 0 bridgehead atoms. The summed E-state index contributed by atoms with van der Waals surface area (Å²) >= 11 is 0. The first-order valence-corrected chi connectivity index (χ1v) is 8.21. The van der Waals surface area contributed by atoms with Gasteiger partial charge in [0.05, 0.1) is 5.60 Å². The highest BCUT2D eigenvalue weighted by Gasteiger charge is 2.35. The molecule has 0 unspecified atom stereocenters. The minimum absolute atomic E-state index is 0.270. The lowest BCUT2D eigenvalue weighted by atomic mass is 9.91. The topological polar surface area (TPSA) is 61.8 Å². The third kappa shape index (κ3) is 5.15. The van der Waals surface area contributed by atoms with E-state index in [4.69, 9.17) is 4.74 Å². The van der Waals surface area contributed by atoms with Crippen molar-refractivity contribution in [3.63, 3.8) is 0 Å². The predicted octanol–water partition coefficient (Wildman–Crippen LogP) is 2.28. The number of amides is 1. The zero-order valence-corrected chi connectivity index (χ0v) is 13.7. The fourth-order valence-electron chi connectivity index (χ4n) is 3.07. The Labute approximate surface area is 128 Å². The molecule has 0 radical (unpaired) electrons. The molecule has 5 nitrogen and oxygen atoms in total. The number of carbonyl (C=O) groups is 1. The molecule has 122 valence electrons. The van der Waals surface area contributed by atoms with E-state index in [1.54, 1.807) is 4.90 Å². The van der Waals surface area contributed by atoms with E-state index in [0.717, 1.165) is 0 Å². The Hall–Kier alpha value is -0.810. The first-order valence-electron chi connectivity index (χ1n) is 8.21. The average Bonchev–Trinajstić information content (AvgIpc) is 2.88. The van der Waals surface area contributed by atoms with Crippen molar-refractivity contribution in [2.75, 3.05) is 19.6 Å². The minimum atomic E-state index is -0.679. The molecule has 2 aliphatic rings. The van der Waals surface area contributed by atoms with Crippen molar-refractivity contribution in [3.05, 3.63) is 0 Å². The van der Waals surface area contributed by atoms with Gasteiger partial charge in [0, 0.05) is 25.7 Å². The van der Waals surface area contributed by atoms with Crippen LogP contribution < -0.4 is 5.32 Å². The average molecular weight is 298 g/mol. The summed E-state index contributed by atoms with van der Waals surface area (Å²) in [6, 6.07) is 0.568. The summed E-state index contributed by atoms with van der Waals surface area (Å²) in [5.41, 5.74) is -1.14. The number of nitrogens with zero attached hydrogens (tertiary/aromatic N) is 1. The second kappa shape index (κ2) is 6.53. The van der Waals surface area contributed by atoms with Crippen molar-refractivity contribution in [2.45, 2.75) is 76.5 Å². The van der Waals surface area contributed by atoms with Crippen molar-refractivity contribution >= 4 is 6.09 Å². The van der Waals surface area contributed by atoms with Crippen LogP contribution in [0.25, 0.3) is 0 Å². The van der Waals surface area contributed by atoms with E-state index in [0.29, 0.717) is 38.5 Å². The van der Waals surface area contributed by atoms with Crippen LogP contribution in [0.2, 0.25) is 0 Å². The maximum atomic E-state index is 12.0. The molecule has 2 rings (SSSR count). The number of ether oxygens (including phenoxy) is 1. The van der Waals surface area contributed by atoms with E-state index in [1.807, 2.05) is 20.8 Å². The quantitative estimate of drug-likeness (QED) is 0.839. The number of likely N-dealkylation sites (tertiary alicyclic amines) is 1. The van der Waals surface area contributed by atoms with E-state index < -0.39 is 11.2 Å². The second-order valence-corrected chi connectivity index (χ2v) is 7.55. The summed E-state index contributed by atoms with van der Waals surface area (Å²) in [5, 5.41) is 14.1. The summed E-state index contributed by atoms with van der Waals surface area (Å²) in [6.07, 6.45) is 6.00. The largest absolute Gasteiger partial charge is 0.444 e. The standard InChI is InChI=1S/C16H30N2O3/c1-15(2,3)21-14(19)18-10-8-16(20,9-11-18)12-17-13-6-4-5-7-13/h13,17,20H,4-12H2,1-3H3. The molecule has 2 fully saturated rings. The zero-order chi connectivity index (χ0) is 15.5. The molecule has 0 atom stereocenters. The van der Waals surface area contributed by atoms with Crippen molar-refractivity contribution < 1.29 is 14.6 Å². The van der Waals surface area contributed by atoms with E-state index >= 15 is 0 Å². The Morgan fingerprint density at radius 3 is 2.38 bits per heavy atom. The highest BCUT2D eigenvalue weighted by molar-refractivity contribution is 5.68. The number of rotatable bonds is 3. The third-order valence-corrected chi connectivity index (χ3v) is 4.42. The fourth-order valence-corrected chi connectivity index (χ4v) is 3.07. The number of carbonyl (C=O) groups excluding carboxylic acids is 1. The van der Waals surface area contributed by atoms with Gasteiger partial charge in [0.25, 0.3) is 0 Å². The maximum absolute atomic E-state index is 12.0. The highest BCUT2D eigenvalue weighted by Crippen LogP contribution is 2.24. The smallest absolute Gasteiger partial charge is 0.410 e. The van der Waals surface area contributed by atoms with E-state index in [-0.39, 0.29) is 6.09 Å². The highest BCUT2D eigenvalue weighted by atomic mass is 16.6. The van der Waals surface area contributed by atoms with Crippen molar-refractivity contribution in [1.82, 2.24) is 10.2 Å². The molecule has 1 saturated heterocycles. The van der Waals surface area contributed by atoms with Gasteiger partial charge in [-0.3, -0.25) is 0 Å². The van der Waals surface area contributed by atoms with E-state index in [2.05, 4.69) is 5.32 Å². The maximum Gasteiger partial charge on any atom is 0.410 e. The molecule has 1 saturated carbocycles. The number of piperidine rings is 1. The molecular formula is C16H30N2O3. The van der Waals surface area contributed by atoms with Crippen molar-refractivity contribution in [3.8, 4) is 0 Å². The summed E-state index contributed by atoms with van der Waals surface area (Å²) in [4.78, 5) is 13.7. The van der Waals surface area contributed by atoms with Crippen LogP contribution in [0.4, 0.5) is 4.79 Å². The number of hydrogen-bond donors (Lipinski definition) is 2. The molecular weight excluding hydrogens is 268 g/mol. The molecule has 1 heterocycles. The first kappa shape index (κ1) is 16.6. The molecule has 1 aliphatic heterocycles. The van der Waals surface area contributed by atoms with Gasteiger partial charge in [-0.2, -0.15) is 0 Å². The molecule has 0 spiro atoms. The lowest BCUT2D eigenvalue weighted by Crippen LogP contribution is -2.53. The van der Waals surface area contributed by atoms with E-state index in [1.165, 1.54) is 25.7 Å². The number of aliphatic hydroxyl groups is 1. The Bertz CT molecular complexity index is 351. The normalized spacial score (nSPS) is 23.3. The fraction of sp³-hybridized carbons (Fsp3) is 0.938. The first-order chi connectivity index (χ1) is 9.77. The minimum Gasteiger partial charge on any atom is -0.444 e. The van der Waals surface area contributed by atoms with Crippen LogP contribution in [0.5, 0.6) is 0 Å². The Morgan fingerprint density at radius 2 is 1.86 bits per heavy atom. The second-order valence-electron chi connectivity index (χ2n) is 7.55. The third-order valence-electron chi connectivity index (χ3n) is 4.42. The van der Waals surface area contributed by atoms with Gasteiger partial charge in [0.2, 0.25) is 0 Å². The van der Waals surface area contributed by atoms with Gasteiger partial charge < -0.3 is 20.1 Å². The lowest BCUT2D eigenvalue weighted by Gasteiger charge is -2.39. The Balaban J connectivity index is 1.74. The van der Waals surface area contributed by atoms with Crippen LogP contribution in [-0.2, 0) is 4.74 Å². The molecule has 1 amide bonds. The van der Waals surface area contributed by atoms with Crippen LogP contribution in [0.1, 0.15) is 59.3 Å². The van der Waals surface area contributed by atoms with Crippen molar-refractivity contribution in [1.29, 1.82) is 0 Å². The number of nitrogens with one attached hydrogen (secondary N) is 1. The van der Waals surface area contributed by atoms with E-state index in [9.17, 15) is 9.90 Å². The molecule has 0 aromatic carbocycles. The van der Waals surface area contributed by atoms with Gasteiger partial charge in [-0.05, 0) is 46.5 Å². The van der Waals surface area contributed by atoms with Gasteiger partial charge in [-0.1, -0.05) is 12.8 Å². The van der Waals surface area contributed by atoms with Crippen LogP contribution in [0, 0.1) is 0 Å². The van der Waals surface area contributed by atoms with Gasteiger partial charge in [0.1, 0.15) is 5.60 Å². The molecule has 1 aliphatic carbocycles. The molecule has 2 N–H and O–H groups in total. The van der Waals surface area contributed by atoms with Gasteiger partial charge >= 0.3 is 6.09 Å². The van der Waals surface area contributed by atoms with Gasteiger partial charge in [0.15, 0.2) is 0 Å².